The van der Waals surface area contributed by atoms with Gasteiger partial charge in [-0.3, -0.25) is 4.79 Å². The molecule has 0 aromatic heterocycles. The highest BCUT2D eigenvalue weighted by atomic mass is 16.3. The van der Waals surface area contributed by atoms with Gasteiger partial charge in [0.1, 0.15) is 6.10 Å². The number of fused-ring (bicyclic) bond motifs is 1. The predicted molar refractivity (Wildman–Crippen MR) is 83.3 cm³/mol. The highest BCUT2D eigenvalue weighted by molar-refractivity contribution is 5.95. The smallest absolute Gasteiger partial charge is 0.224 e. The van der Waals surface area contributed by atoms with Gasteiger partial charge in [-0.25, -0.2) is 0 Å². The molecule has 3 rings (SSSR count). The zero-order chi connectivity index (χ0) is 14.8. The molecule has 108 valence electrons. The van der Waals surface area contributed by atoms with Crippen LogP contribution in [0.25, 0.3) is 0 Å². The Kier molecular flexibility index (Phi) is 3.76. The maximum atomic E-state index is 11.7. The summed E-state index contributed by atoms with van der Waals surface area (Å²) in [7, 11) is 0. The van der Waals surface area contributed by atoms with Crippen LogP contribution in [0.3, 0.4) is 0 Å². The van der Waals surface area contributed by atoms with Gasteiger partial charge in [0.25, 0.3) is 0 Å². The summed E-state index contributed by atoms with van der Waals surface area (Å²) in [5, 5.41) is 13.6. The second-order valence-corrected chi connectivity index (χ2v) is 5.43. The summed E-state index contributed by atoms with van der Waals surface area (Å²) in [6, 6.07) is 13.7. The number of hydrogen-bond acceptors (Lipinski definition) is 2. The van der Waals surface area contributed by atoms with Gasteiger partial charge in [-0.2, -0.15) is 0 Å². The summed E-state index contributed by atoms with van der Waals surface area (Å²) < 4.78 is 0. The van der Waals surface area contributed by atoms with E-state index in [1.54, 1.807) is 0 Å². The molecule has 1 heterocycles. The van der Waals surface area contributed by atoms with E-state index >= 15 is 0 Å². The van der Waals surface area contributed by atoms with Crippen LogP contribution in [0.4, 0.5) is 5.69 Å². The molecule has 0 bridgehead atoms. The Hall–Kier alpha value is -2.13. The Morgan fingerprint density at radius 3 is 2.67 bits per heavy atom. The number of carbonyl (C=O) groups is 1. The molecule has 0 saturated heterocycles. The number of aliphatic hydroxyl groups excluding tert-OH is 1. The minimum absolute atomic E-state index is 0.0215. The number of aliphatic hydroxyl groups is 1. The van der Waals surface area contributed by atoms with Gasteiger partial charge in [0.15, 0.2) is 0 Å². The molecule has 3 nitrogen and oxygen atoms in total. The molecule has 0 fully saturated rings. The summed E-state index contributed by atoms with van der Waals surface area (Å²) in [4.78, 5) is 11.7. The van der Waals surface area contributed by atoms with Gasteiger partial charge in [0.05, 0.1) is 5.69 Å². The van der Waals surface area contributed by atoms with Crippen molar-refractivity contribution in [2.45, 2.75) is 32.3 Å². The second-order valence-electron chi connectivity index (χ2n) is 5.43. The lowest BCUT2D eigenvalue weighted by Gasteiger charge is -2.24. The van der Waals surface area contributed by atoms with Gasteiger partial charge in [-0.15, -0.1) is 0 Å². The van der Waals surface area contributed by atoms with Gasteiger partial charge in [-0.1, -0.05) is 49.4 Å². The van der Waals surface area contributed by atoms with Crippen molar-refractivity contribution in [2.24, 2.45) is 0 Å². The molecule has 1 amide bonds. The summed E-state index contributed by atoms with van der Waals surface area (Å²) >= 11 is 0. The Balaban J connectivity index is 2.10. The molecule has 1 atom stereocenters. The average Bonchev–Trinajstić information content (AvgIpc) is 2.54. The van der Waals surface area contributed by atoms with Crippen LogP contribution in [0.15, 0.2) is 42.5 Å². The monoisotopic (exact) mass is 281 g/mol. The van der Waals surface area contributed by atoms with Crippen LogP contribution < -0.4 is 5.32 Å². The zero-order valence-corrected chi connectivity index (χ0v) is 12.1. The molecule has 0 radical (unpaired) electrons. The van der Waals surface area contributed by atoms with Crippen molar-refractivity contribution < 1.29 is 9.90 Å². The molecule has 1 unspecified atom stereocenters. The third-order valence-corrected chi connectivity index (χ3v) is 4.01. The van der Waals surface area contributed by atoms with Gasteiger partial charge >= 0.3 is 0 Å². The Morgan fingerprint density at radius 2 is 1.95 bits per heavy atom. The van der Waals surface area contributed by atoms with E-state index in [-0.39, 0.29) is 5.91 Å². The molecule has 0 aliphatic carbocycles. The van der Waals surface area contributed by atoms with Crippen molar-refractivity contribution in [3.05, 3.63) is 64.7 Å². The number of carbonyl (C=O) groups excluding carboxylic acids is 1. The Labute approximate surface area is 124 Å². The first-order chi connectivity index (χ1) is 10.2. The number of benzene rings is 2. The fraction of sp³-hybridized carbons (Fsp3) is 0.278. The van der Waals surface area contributed by atoms with Crippen molar-refractivity contribution >= 4 is 11.6 Å². The predicted octanol–water partition coefficient (Wildman–Crippen LogP) is 3.22. The third kappa shape index (κ3) is 2.69. The lowest BCUT2D eigenvalue weighted by Crippen LogP contribution is -2.21. The van der Waals surface area contributed by atoms with Crippen molar-refractivity contribution in [1.82, 2.24) is 0 Å². The van der Waals surface area contributed by atoms with Crippen LogP contribution >= 0.6 is 0 Å². The van der Waals surface area contributed by atoms with Crippen LogP contribution in [-0.4, -0.2) is 11.0 Å². The van der Waals surface area contributed by atoms with Crippen LogP contribution in [-0.2, 0) is 17.6 Å². The summed E-state index contributed by atoms with van der Waals surface area (Å²) in [5.41, 5.74) is 4.74. The van der Waals surface area contributed by atoms with Gasteiger partial charge in [0.2, 0.25) is 5.91 Å². The number of hydrogen-bond donors (Lipinski definition) is 2. The van der Waals surface area contributed by atoms with Crippen LogP contribution in [0.1, 0.15) is 41.7 Å². The van der Waals surface area contributed by atoms with E-state index in [4.69, 9.17) is 0 Å². The number of rotatable bonds is 3. The van der Waals surface area contributed by atoms with Gasteiger partial charge < -0.3 is 10.4 Å². The maximum absolute atomic E-state index is 11.7. The lowest BCUT2D eigenvalue weighted by molar-refractivity contribution is -0.116. The minimum Gasteiger partial charge on any atom is -0.384 e. The summed E-state index contributed by atoms with van der Waals surface area (Å²) in [6.07, 6.45) is 1.45. The highest BCUT2D eigenvalue weighted by Crippen LogP contribution is 2.35. The molecule has 0 saturated carbocycles. The van der Waals surface area contributed by atoms with Crippen molar-refractivity contribution in [3.8, 4) is 0 Å². The molecular weight excluding hydrogens is 262 g/mol. The van der Waals surface area contributed by atoms with E-state index in [0.717, 1.165) is 35.2 Å². The normalized spacial score (nSPS) is 15.2. The average molecular weight is 281 g/mol. The zero-order valence-electron chi connectivity index (χ0n) is 12.1. The Morgan fingerprint density at radius 1 is 1.19 bits per heavy atom. The van der Waals surface area contributed by atoms with Crippen molar-refractivity contribution in [2.75, 3.05) is 5.32 Å². The van der Waals surface area contributed by atoms with Crippen LogP contribution in [0.5, 0.6) is 0 Å². The fourth-order valence-electron chi connectivity index (χ4n) is 2.83. The van der Waals surface area contributed by atoms with Crippen LogP contribution in [0.2, 0.25) is 0 Å². The Bertz CT molecular complexity index is 664. The minimum atomic E-state index is -0.718. The van der Waals surface area contributed by atoms with Crippen molar-refractivity contribution in [1.29, 1.82) is 0 Å². The SMILES string of the molecule is CCc1cc2c(c(C(O)c3ccccc3)c1)NC(=O)CC2. The molecule has 2 aromatic carbocycles. The topological polar surface area (TPSA) is 49.3 Å². The van der Waals surface area contributed by atoms with Crippen molar-refractivity contribution in [3.63, 3.8) is 0 Å². The number of anilines is 1. The van der Waals surface area contributed by atoms with E-state index in [2.05, 4.69) is 18.3 Å². The third-order valence-electron chi connectivity index (χ3n) is 4.01. The summed E-state index contributed by atoms with van der Waals surface area (Å²) in [5.74, 6) is 0.0215. The van der Waals surface area contributed by atoms with E-state index in [9.17, 15) is 9.90 Å². The maximum Gasteiger partial charge on any atom is 0.224 e. The molecule has 1 aliphatic heterocycles. The first kappa shape index (κ1) is 13.8. The molecule has 3 heteroatoms. The number of nitrogens with one attached hydrogen (secondary N) is 1. The molecular formula is C18H19NO2. The molecule has 1 aliphatic rings. The standard InChI is InChI=1S/C18H19NO2/c1-2-12-10-14-8-9-16(20)19-17(14)15(11-12)18(21)13-6-4-3-5-7-13/h3-7,10-11,18,21H,2,8-9H2,1H3,(H,19,20). The van der Waals surface area contributed by atoms with E-state index in [1.165, 1.54) is 5.56 Å². The van der Waals surface area contributed by atoms with E-state index in [0.29, 0.717) is 6.42 Å². The number of amides is 1. The molecule has 2 N–H and O–H groups in total. The highest BCUT2D eigenvalue weighted by Gasteiger charge is 2.23. The lowest BCUT2D eigenvalue weighted by atomic mass is 9.90. The van der Waals surface area contributed by atoms with Crippen LogP contribution in [0, 0.1) is 0 Å². The molecule has 0 spiro atoms. The first-order valence-electron chi connectivity index (χ1n) is 7.37. The van der Waals surface area contributed by atoms with Gasteiger partial charge in [0, 0.05) is 12.0 Å². The van der Waals surface area contributed by atoms with E-state index in [1.807, 2.05) is 36.4 Å². The van der Waals surface area contributed by atoms with Gasteiger partial charge in [-0.05, 0) is 29.5 Å². The summed E-state index contributed by atoms with van der Waals surface area (Å²) in [6.45, 7) is 2.10. The molecule has 2 aromatic rings. The second kappa shape index (κ2) is 5.70. The molecule has 21 heavy (non-hydrogen) atoms. The first-order valence-corrected chi connectivity index (χ1v) is 7.37. The quantitative estimate of drug-likeness (QED) is 0.907. The van der Waals surface area contributed by atoms with E-state index < -0.39 is 6.10 Å². The fourth-order valence-corrected chi connectivity index (χ4v) is 2.83. The largest absolute Gasteiger partial charge is 0.384 e. The number of aryl methyl sites for hydroxylation is 2.